The van der Waals surface area contributed by atoms with Crippen LogP contribution in [-0.2, 0) is 29.1 Å². The van der Waals surface area contributed by atoms with E-state index < -0.39 is 92.6 Å². The number of carbonyl (C=O) groups excluding carboxylic acids is 4. The molecule has 3 heterocycles. The van der Waals surface area contributed by atoms with Crippen LogP contribution in [0, 0.1) is 17.8 Å². The highest BCUT2D eigenvalue weighted by Gasteiger charge is 2.64. The van der Waals surface area contributed by atoms with E-state index in [4.69, 9.17) is 18.9 Å². The lowest BCUT2D eigenvalue weighted by atomic mass is 9.92. The number of ether oxygens (including phenoxy) is 4. The van der Waals surface area contributed by atoms with Gasteiger partial charge in [0.25, 0.3) is 5.91 Å². The van der Waals surface area contributed by atoms with Crippen molar-refractivity contribution in [2.24, 2.45) is 17.8 Å². The fraction of sp³-hybridized carbons (Fsp3) is 0.625. The van der Waals surface area contributed by atoms with Crippen molar-refractivity contribution in [3.8, 4) is 17.4 Å². The van der Waals surface area contributed by atoms with Gasteiger partial charge in [0.05, 0.1) is 27.0 Å². The Morgan fingerprint density at radius 3 is 2.40 bits per heavy atom. The predicted octanol–water partition coefficient (Wildman–Crippen LogP) is 4.87. The number of halogens is 4. The topological polar surface area (TPSA) is 192 Å². The number of benzene rings is 1. The van der Waals surface area contributed by atoms with Crippen molar-refractivity contribution in [2.45, 2.75) is 113 Å². The molecule has 60 heavy (non-hydrogen) atoms. The summed E-state index contributed by atoms with van der Waals surface area (Å²) < 4.78 is 104. The molecule has 3 fully saturated rings. The predicted molar refractivity (Wildman–Crippen MR) is 208 cm³/mol. The number of amides is 4. The van der Waals surface area contributed by atoms with E-state index in [1.807, 2.05) is 17.7 Å². The van der Waals surface area contributed by atoms with Gasteiger partial charge in [0.2, 0.25) is 33.3 Å². The number of sulfonamides is 1. The van der Waals surface area contributed by atoms with Crippen LogP contribution < -0.4 is 29.6 Å². The van der Waals surface area contributed by atoms with Crippen molar-refractivity contribution < 1.29 is 64.1 Å². The summed E-state index contributed by atoms with van der Waals surface area (Å²) >= 11 is 0. The highest BCUT2D eigenvalue weighted by molar-refractivity contribution is 7.91. The summed E-state index contributed by atoms with van der Waals surface area (Å²) in [5, 5.41) is 6.14. The fourth-order valence-electron chi connectivity index (χ4n) is 7.73. The molecule has 7 atom stereocenters. The Morgan fingerprint density at radius 2 is 1.77 bits per heavy atom. The number of methoxy groups -OCH3 is 2. The van der Waals surface area contributed by atoms with E-state index >= 15 is 0 Å². The van der Waals surface area contributed by atoms with Gasteiger partial charge in [-0.3, -0.25) is 19.1 Å². The molecule has 2 aromatic rings. The Kier molecular flexibility index (Phi) is 12.3. The van der Waals surface area contributed by atoms with Crippen molar-refractivity contribution in [3.63, 3.8) is 0 Å². The van der Waals surface area contributed by atoms with E-state index in [1.54, 1.807) is 31.2 Å². The lowest BCUT2D eigenvalue weighted by Crippen LogP contribution is -2.60. The molecule has 4 aliphatic rings. The molecule has 330 valence electrons. The number of allylic oxidation sites excluding steroid dienone is 1. The number of nitrogens with one attached hydrogen (secondary N) is 3. The number of hydrogen-bond acceptors (Lipinski definition) is 11. The second-order valence-electron chi connectivity index (χ2n) is 16.8. The number of fused-ring (bicyclic) bond motifs is 3. The number of alkyl carbamates (subject to hydrolysis) is 1. The number of aromatic nitrogens is 1. The van der Waals surface area contributed by atoms with Crippen LogP contribution in [0.25, 0.3) is 10.8 Å². The van der Waals surface area contributed by atoms with Gasteiger partial charge in [0.1, 0.15) is 46.6 Å². The third kappa shape index (κ3) is 8.79. The highest BCUT2D eigenvalue weighted by Crippen LogP contribution is 2.48. The molecule has 1 saturated heterocycles. The number of nitrogens with zero attached hydrogens (tertiary/aromatic N) is 2. The van der Waals surface area contributed by atoms with Gasteiger partial charge in [-0.2, -0.15) is 13.2 Å². The third-order valence-electron chi connectivity index (χ3n) is 12.1. The van der Waals surface area contributed by atoms with E-state index in [1.165, 1.54) is 20.4 Å². The van der Waals surface area contributed by atoms with Crippen LogP contribution >= 0.6 is 0 Å². The minimum atomic E-state index is -4.94. The zero-order valence-corrected chi connectivity index (χ0v) is 35.0. The van der Waals surface area contributed by atoms with Gasteiger partial charge in [0.15, 0.2) is 0 Å². The summed E-state index contributed by atoms with van der Waals surface area (Å²) in [5.74, 6) is -3.14. The quantitative estimate of drug-likeness (QED) is 0.218. The molecule has 0 radical (unpaired) electrons. The molecular formula is C40H51F4N5O10S. The minimum Gasteiger partial charge on any atom is -0.497 e. The normalized spacial score (nSPS) is 28.3. The molecule has 0 spiro atoms. The van der Waals surface area contributed by atoms with Gasteiger partial charge in [-0.1, -0.05) is 32.4 Å². The Hall–Kier alpha value is -4.88. The van der Waals surface area contributed by atoms with Crippen molar-refractivity contribution in [3.05, 3.63) is 36.5 Å². The molecule has 1 aromatic carbocycles. The van der Waals surface area contributed by atoms with Crippen LogP contribution in [0.4, 0.5) is 22.4 Å². The number of hydrogen-bond donors (Lipinski definition) is 3. The first-order chi connectivity index (χ1) is 28.1. The number of pyridine rings is 1. The summed E-state index contributed by atoms with van der Waals surface area (Å²) in [7, 11) is -1.52. The molecular weight excluding hydrogens is 819 g/mol. The first-order valence-electron chi connectivity index (χ1n) is 19.8. The average Bonchev–Trinajstić information content (AvgIpc) is 4.09. The van der Waals surface area contributed by atoms with Gasteiger partial charge in [-0.25, -0.2) is 22.6 Å². The smallest absolute Gasteiger partial charge is 0.427 e. The van der Waals surface area contributed by atoms with Gasteiger partial charge < -0.3 is 34.5 Å². The lowest BCUT2D eigenvalue weighted by molar-refractivity contribution is -0.244. The highest BCUT2D eigenvalue weighted by atomic mass is 32.2. The average molecular weight is 870 g/mol. The number of carbonyl (C=O) groups is 4. The van der Waals surface area contributed by atoms with Crippen LogP contribution in [0.15, 0.2) is 36.5 Å². The molecule has 2 saturated carbocycles. The van der Waals surface area contributed by atoms with Crippen molar-refractivity contribution in [1.29, 1.82) is 0 Å². The molecule has 1 aromatic heterocycles. The zero-order valence-electron chi connectivity index (χ0n) is 34.2. The van der Waals surface area contributed by atoms with Crippen LogP contribution in [-0.4, -0.2) is 110 Å². The molecule has 20 heteroatoms. The minimum absolute atomic E-state index is 0.000199. The first kappa shape index (κ1) is 44.7. The van der Waals surface area contributed by atoms with Crippen LogP contribution in [0.2, 0.25) is 0 Å². The SMILES string of the molecule is COc1ccc2c(OC3CC4C(=O)NC5(C(=O)NS(=O)(=O)C6(CF)CC6)CC5C=CC(C)CCCC(C)C(NC(=O)OC(C)(C)C(F)(F)F)C(=O)N4C3)ncc(OC)c2c1. The molecule has 2 aliphatic carbocycles. The second-order valence-corrected chi connectivity index (χ2v) is 18.9. The summed E-state index contributed by atoms with van der Waals surface area (Å²) in [5.41, 5.74) is -4.70. The standard InChI is InChI=1S/C40H51F4N5O10S/c1-22-8-7-9-23(2)31(46-36(53)59-37(3,4)40(42,43)44)34(51)49-20-26(58-33-27-13-12-25(56-5)16-28(27)30(57-6)19-45-33)17-29(49)32(50)47-39(18-24(39)11-10-22)35(52)48-60(54,55)38(21-41)14-15-38/h10-13,16,19,22-24,26,29,31H,7-9,14-15,17-18,20-21H2,1-6H3,(H,46,53)(H,47,50)(H,48,52). The maximum Gasteiger partial charge on any atom is 0.427 e. The summed E-state index contributed by atoms with van der Waals surface area (Å²) in [6.07, 6.45) is -1.14. The Morgan fingerprint density at radius 1 is 1.05 bits per heavy atom. The molecule has 7 unspecified atom stereocenters. The molecule has 6 rings (SSSR count). The second kappa shape index (κ2) is 16.5. The molecule has 15 nitrogen and oxygen atoms in total. The maximum absolute atomic E-state index is 14.7. The molecule has 2 aliphatic heterocycles. The maximum atomic E-state index is 14.7. The Bertz CT molecular complexity index is 2150. The molecule has 3 N–H and O–H groups in total. The van der Waals surface area contributed by atoms with Gasteiger partial charge in [-0.05, 0) is 76.0 Å². The van der Waals surface area contributed by atoms with E-state index in [2.05, 4.69) is 15.6 Å². The summed E-state index contributed by atoms with van der Waals surface area (Å²) in [4.78, 5) is 61.9. The lowest BCUT2D eigenvalue weighted by Gasteiger charge is -2.33. The molecule has 0 bridgehead atoms. The van der Waals surface area contributed by atoms with Crippen molar-refractivity contribution >= 4 is 44.6 Å². The van der Waals surface area contributed by atoms with Crippen molar-refractivity contribution in [2.75, 3.05) is 27.4 Å². The fourth-order valence-corrected chi connectivity index (χ4v) is 9.15. The van der Waals surface area contributed by atoms with Crippen LogP contribution in [0.5, 0.6) is 17.4 Å². The van der Waals surface area contributed by atoms with Gasteiger partial charge >= 0.3 is 12.3 Å². The zero-order chi connectivity index (χ0) is 44.0. The number of rotatable bonds is 10. The summed E-state index contributed by atoms with van der Waals surface area (Å²) in [6.45, 7) is 3.42. The Labute approximate surface area is 345 Å². The monoisotopic (exact) mass is 869 g/mol. The van der Waals surface area contributed by atoms with Crippen LogP contribution in [0.3, 0.4) is 0 Å². The largest absolute Gasteiger partial charge is 0.497 e. The van der Waals surface area contributed by atoms with E-state index in [0.717, 1.165) is 4.90 Å². The third-order valence-corrected chi connectivity index (χ3v) is 14.2. The summed E-state index contributed by atoms with van der Waals surface area (Å²) in [6, 6.07) is 2.19. The van der Waals surface area contributed by atoms with E-state index in [-0.39, 0.29) is 44.0 Å². The van der Waals surface area contributed by atoms with E-state index in [9.17, 15) is 45.2 Å². The first-order valence-corrected chi connectivity index (χ1v) is 21.3. The molecule has 4 amide bonds. The van der Waals surface area contributed by atoms with Crippen molar-refractivity contribution in [1.82, 2.24) is 25.2 Å². The van der Waals surface area contributed by atoms with Crippen LogP contribution in [0.1, 0.15) is 72.6 Å². The van der Waals surface area contributed by atoms with Gasteiger partial charge in [0, 0.05) is 23.1 Å². The Balaban J connectivity index is 1.36. The number of alkyl halides is 4. The van der Waals surface area contributed by atoms with E-state index in [0.29, 0.717) is 55.4 Å². The van der Waals surface area contributed by atoms with Gasteiger partial charge in [-0.15, -0.1) is 0 Å².